The Balaban J connectivity index is 2.02. The number of benzene rings is 1. The molecule has 3 heteroatoms. The van der Waals surface area contributed by atoms with Crippen molar-refractivity contribution in [2.45, 2.75) is 38.6 Å². The maximum Gasteiger partial charge on any atom is 0.147 e. The maximum absolute atomic E-state index is 13.6. The van der Waals surface area contributed by atoms with Gasteiger partial charge in [-0.3, -0.25) is 0 Å². The molecule has 1 aliphatic carbocycles. The highest BCUT2D eigenvalue weighted by atomic mass is 79.9. The van der Waals surface area contributed by atoms with Gasteiger partial charge in [0.2, 0.25) is 0 Å². The molecule has 1 atom stereocenters. The lowest BCUT2D eigenvalue weighted by Crippen LogP contribution is -2.24. The fourth-order valence-electron chi connectivity index (χ4n) is 2.43. The van der Waals surface area contributed by atoms with Crippen molar-refractivity contribution in [3.05, 3.63) is 28.5 Å². The number of hydrogen-bond acceptors (Lipinski definition) is 1. The van der Waals surface area contributed by atoms with Crippen molar-refractivity contribution < 1.29 is 4.39 Å². The second-order valence-corrected chi connectivity index (χ2v) is 5.52. The van der Waals surface area contributed by atoms with E-state index in [1.807, 2.05) is 6.07 Å². The van der Waals surface area contributed by atoms with Crippen LogP contribution in [0.25, 0.3) is 0 Å². The summed E-state index contributed by atoms with van der Waals surface area (Å²) < 4.78 is 14.4. The summed E-state index contributed by atoms with van der Waals surface area (Å²) in [5, 5.41) is 3.28. The molecule has 1 aliphatic rings. The Morgan fingerprint density at radius 3 is 2.69 bits per heavy atom. The first-order chi connectivity index (χ1) is 7.66. The summed E-state index contributed by atoms with van der Waals surface area (Å²) in [5.74, 6) is 0.516. The normalized spacial score (nSPS) is 18.7. The van der Waals surface area contributed by atoms with Crippen molar-refractivity contribution in [2.24, 2.45) is 5.92 Å². The van der Waals surface area contributed by atoms with E-state index < -0.39 is 0 Å². The van der Waals surface area contributed by atoms with E-state index >= 15 is 0 Å². The predicted octanol–water partition coefficient (Wildman–Crippen LogP) is 4.58. The van der Waals surface area contributed by atoms with Crippen LogP contribution >= 0.6 is 15.9 Å². The topological polar surface area (TPSA) is 12.0 Å². The average Bonchev–Trinajstić information content (AvgIpc) is 2.75. The van der Waals surface area contributed by atoms with Gasteiger partial charge >= 0.3 is 0 Å². The van der Waals surface area contributed by atoms with Crippen molar-refractivity contribution in [1.29, 1.82) is 0 Å². The van der Waals surface area contributed by atoms with Crippen LogP contribution in [0, 0.1) is 11.7 Å². The highest BCUT2D eigenvalue weighted by Gasteiger charge is 2.21. The van der Waals surface area contributed by atoms with Crippen LogP contribution in [-0.2, 0) is 0 Å². The summed E-state index contributed by atoms with van der Waals surface area (Å²) in [4.78, 5) is 0. The summed E-state index contributed by atoms with van der Waals surface area (Å²) in [6.07, 6.45) is 5.18. The monoisotopic (exact) mass is 285 g/mol. The second-order valence-electron chi connectivity index (χ2n) is 4.60. The van der Waals surface area contributed by atoms with Crippen LogP contribution in [0.4, 0.5) is 10.1 Å². The Bertz CT molecular complexity index is 361. The van der Waals surface area contributed by atoms with Crippen LogP contribution in [0.2, 0.25) is 0 Å². The lowest BCUT2D eigenvalue weighted by atomic mass is 9.99. The van der Waals surface area contributed by atoms with Crippen LogP contribution < -0.4 is 5.32 Å². The lowest BCUT2D eigenvalue weighted by Gasteiger charge is -2.21. The molecular weight excluding hydrogens is 269 g/mol. The van der Waals surface area contributed by atoms with Crippen molar-refractivity contribution in [3.63, 3.8) is 0 Å². The van der Waals surface area contributed by atoms with Crippen molar-refractivity contribution in [3.8, 4) is 0 Å². The quantitative estimate of drug-likeness (QED) is 0.857. The first kappa shape index (κ1) is 11.9. The minimum atomic E-state index is -0.181. The third-order valence-corrected chi connectivity index (χ3v) is 3.91. The van der Waals surface area contributed by atoms with Gasteiger partial charge in [0.25, 0.3) is 0 Å². The number of anilines is 1. The van der Waals surface area contributed by atoms with E-state index in [1.54, 1.807) is 6.07 Å². The van der Waals surface area contributed by atoms with Crippen LogP contribution in [0.3, 0.4) is 0 Å². The Morgan fingerprint density at radius 2 is 2.06 bits per heavy atom. The van der Waals surface area contributed by atoms with E-state index in [4.69, 9.17) is 0 Å². The van der Waals surface area contributed by atoms with Gasteiger partial charge in [-0.15, -0.1) is 0 Å². The Labute approximate surface area is 105 Å². The number of nitrogens with one attached hydrogen (secondary N) is 1. The molecular formula is C13H17BrFN. The highest BCUT2D eigenvalue weighted by Crippen LogP contribution is 2.30. The molecule has 1 unspecified atom stereocenters. The molecule has 88 valence electrons. The van der Waals surface area contributed by atoms with Gasteiger partial charge in [-0.05, 0) is 43.9 Å². The smallest absolute Gasteiger partial charge is 0.147 e. The van der Waals surface area contributed by atoms with Crippen LogP contribution in [0.1, 0.15) is 32.6 Å². The van der Waals surface area contributed by atoms with E-state index in [-0.39, 0.29) is 5.82 Å². The number of halogens is 2. The molecule has 1 aromatic rings. The van der Waals surface area contributed by atoms with Gasteiger partial charge in [-0.25, -0.2) is 4.39 Å². The van der Waals surface area contributed by atoms with E-state index in [1.165, 1.54) is 31.7 Å². The largest absolute Gasteiger partial charge is 0.380 e. The van der Waals surface area contributed by atoms with E-state index in [9.17, 15) is 4.39 Å². The van der Waals surface area contributed by atoms with Gasteiger partial charge in [-0.2, -0.15) is 0 Å². The summed E-state index contributed by atoms with van der Waals surface area (Å²) in [5.41, 5.74) is 0.614. The molecule has 0 amide bonds. The minimum Gasteiger partial charge on any atom is -0.380 e. The van der Waals surface area contributed by atoms with Crippen molar-refractivity contribution >= 4 is 21.6 Å². The molecule has 1 saturated carbocycles. The number of rotatable bonds is 3. The Morgan fingerprint density at radius 1 is 1.38 bits per heavy atom. The second kappa shape index (κ2) is 5.17. The maximum atomic E-state index is 13.6. The molecule has 1 nitrogen and oxygen atoms in total. The first-order valence-electron chi connectivity index (χ1n) is 5.88. The van der Waals surface area contributed by atoms with Gasteiger partial charge < -0.3 is 5.32 Å². The van der Waals surface area contributed by atoms with Crippen LogP contribution in [0.15, 0.2) is 22.7 Å². The van der Waals surface area contributed by atoms with E-state index in [2.05, 4.69) is 28.2 Å². The molecule has 0 heterocycles. The van der Waals surface area contributed by atoms with Gasteiger partial charge in [0, 0.05) is 10.5 Å². The lowest BCUT2D eigenvalue weighted by molar-refractivity contribution is 0.479. The summed E-state index contributed by atoms with van der Waals surface area (Å²) in [6, 6.07) is 5.53. The Hall–Kier alpha value is -0.570. The van der Waals surface area contributed by atoms with Crippen LogP contribution in [0.5, 0.6) is 0 Å². The predicted molar refractivity (Wildman–Crippen MR) is 69.1 cm³/mol. The zero-order valence-electron chi connectivity index (χ0n) is 9.47. The standard InChI is InChI=1S/C13H17BrFN/c1-9(10-4-2-3-5-10)16-13-7-6-11(14)8-12(13)15/h6-10,16H,2-5H2,1H3. The molecule has 16 heavy (non-hydrogen) atoms. The van der Waals surface area contributed by atoms with Gasteiger partial charge in [0.1, 0.15) is 5.82 Å². The van der Waals surface area contributed by atoms with Crippen LogP contribution in [-0.4, -0.2) is 6.04 Å². The number of hydrogen-bond donors (Lipinski definition) is 1. The fraction of sp³-hybridized carbons (Fsp3) is 0.538. The molecule has 0 aromatic heterocycles. The molecule has 0 saturated heterocycles. The molecule has 1 aromatic carbocycles. The van der Waals surface area contributed by atoms with Gasteiger partial charge in [0.05, 0.1) is 5.69 Å². The van der Waals surface area contributed by atoms with Gasteiger partial charge in [0.15, 0.2) is 0 Å². The molecule has 2 rings (SSSR count). The van der Waals surface area contributed by atoms with Gasteiger partial charge in [-0.1, -0.05) is 28.8 Å². The SMILES string of the molecule is CC(Nc1ccc(Br)cc1F)C1CCCC1. The van der Waals surface area contributed by atoms with Crippen molar-refractivity contribution in [1.82, 2.24) is 0 Å². The summed E-state index contributed by atoms with van der Waals surface area (Å²) in [7, 11) is 0. The zero-order valence-corrected chi connectivity index (χ0v) is 11.1. The average molecular weight is 286 g/mol. The minimum absolute atomic E-state index is 0.181. The molecule has 0 spiro atoms. The molecule has 0 bridgehead atoms. The fourth-order valence-corrected chi connectivity index (χ4v) is 2.76. The summed E-state index contributed by atoms with van der Waals surface area (Å²) in [6.45, 7) is 2.15. The Kier molecular flexibility index (Phi) is 3.85. The van der Waals surface area contributed by atoms with E-state index in [0.717, 1.165) is 4.47 Å². The highest BCUT2D eigenvalue weighted by molar-refractivity contribution is 9.10. The van der Waals surface area contributed by atoms with Crippen molar-refractivity contribution in [2.75, 3.05) is 5.32 Å². The third kappa shape index (κ3) is 2.76. The first-order valence-corrected chi connectivity index (χ1v) is 6.67. The summed E-state index contributed by atoms with van der Waals surface area (Å²) >= 11 is 3.26. The third-order valence-electron chi connectivity index (χ3n) is 3.42. The molecule has 1 N–H and O–H groups in total. The molecule has 0 aliphatic heterocycles. The van der Waals surface area contributed by atoms with E-state index in [0.29, 0.717) is 17.6 Å². The molecule has 0 radical (unpaired) electrons. The molecule has 1 fully saturated rings. The zero-order chi connectivity index (χ0) is 11.5.